The van der Waals surface area contributed by atoms with E-state index in [9.17, 15) is 9.59 Å². The minimum Gasteiger partial charge on any atom is -0.444 e. The van der Waals surface area contributed by atoms with Crippen molar-refractivity contribution in [3.63, 3.8) is 0 Å². The Morgan fingerprint density at radius 1 is 1.24 bits per heavy atom. The lowest BCUT2D eigenvalue weighted by Crippen LogP contribution is -2.33. The lowest BCUT2D eigenvalue weighted by molar-refractivity contribution is -0.153. The third-order valence-corrected chi connectivity index (χ3v) is 1.96. The zero-order chi connectivity index (χ0) is 13.1. The second-order valence-electron chi connectivity index (χ2n) is 3.53. The van der Waals surface area contributed by atoms with Crippen molar-refractivity contribution in [2.75, 3.05) is 40.7 Å². The van der Waals surface area contributed by atoms with Gasteiger partial charge in [-0.3, -0.25) is 9.59 Å². The maximum Gasteiger partial charge on any atom is 0.307 e. The first-order chi connectivity index (χ1) is 8.11. The number of ether oxygens (including phenoxy) is 3. The normalized spacial score (nSPS) is 10.1. The second-order valence-corrected chi connectivity index (χ2v) is 3.53. The van der Waals surface area contributed by atoms with Crippen LogP contribution in [-0.2, 0) is 23.8 Å². The Balaban J connectivity index is 3.63. The lowest BCUT2D eigenvalue weighted by atomic mass is 10.3. The SMILES string of the molecule is CCCC(=O)OCN(C)C(=O)COCCOC. The highest BCUT2D eigenvalue weighted by molar-refractivity contribution is 5.77. The van der Waals surface area contributed by atoms with Gasteiger partial charge in [-0.1, -0.05) is 6.92 Å². The summed E-state index contributed by atoms with van der Waals surface area (Å²) in [7, 11) is 3.12. The molecule has 17 heavy (non-hydrogen) atoms. The van der Waals surface area contributed by atoms with Crippen molar-refractivity contribution in [3.05, 3.63) is 0 Å². The molecule has 0 aliphatic rings. The van der Waals surface area contributed by atoms with Crippen molar-refractivity contribution < 1.29 is 23.8 Å². The van der Waals surface area contributed by atoms with E-state index in [1.54, 1.807) is 14.2 Å². The number of amides is 1. The van der Waals surface area contributed by atoms with Crippen molar-refractivity contribution in [2.45, 2.75) is 19.8 Å². The summed E-state index contributed by atoms with van der Waals surface area (Å²) in [6.45, 7) is 2.63. The third kappa shape index (κ3) is 8.65. The van der Waals surface area contributed by atoms with Crippen LogP contribution in [0.2, 0.25) is 0 Å². The monoisotopic (exact) mass is 247 g/mol. The lowest BCUT2D eigenvalue weighted by Gasteiger charge is -2.16. The Morgan fingerprint density at radius 3 is 2.53 bits per heavy atom. The summed E-state index contributed by atoms with van der Waals surface area (Å²) in [5.41, 5.74) is 0. The predicted molar refractivity (Wildman–Crippen MR) is 61.3 cm³/mol. The van der Waals surface area contributed by atoms with Crippen LogP contribution in [0.15, 0.2) is 0 Å². The smallest absolute Gasteiger partial charge is 0.307 e. The molecule has 0 saturated heterocycles. The molecule has 0 radical (unpaired) electrons. The molecular formula is C11H21NO5. The molecule has 0 aliphatic heterocycles. The maximum atomic E-state index is 11.4. The summed E-state index contributed by atoms with van der Waals surface area (Å²) in [5, 5.41) is 0. The van der Waals surface area contributed by atoms with Gasteiger partial charge in [0, 0.05) is 20.6 Å². The first-order valence-electron chi connectivity index (χ1n) is 5.58. The van der Waals surface area contributed by atoms with Crippen LogP contribution >= 0.6 is 0 Å². The summed E-state index contributed by atoms with van der Waals surface area (Å²) in [4.78, 5) is 23.8. The molecule has 0 atom stereocenters. The third-order valence-electron chi connectivity index (χ3n) is 1.96. The Kier molecular flexibility index (Phi) is 9.37. The van der Waals surface area contributed by atoms with Crippen LogP contribution in [0.4, 0.5) is 0 Å². The van der Waals surface area contributed by atoms with Gasteiger partial charge in [0.05, 0.1) is 13.2 Å². The summed E-state index contributed by atoms with van der Waals surface area (Å²) in [6.07, 6.45) is 1.10. The van der Waals surface area contributed by atoms with E-state index in [0.29, 0.717) is 19.6 Å². The second kappa shape index (κ2) is 10.0. The zero-order valence-corrected chi connectivity index (χ0v) is 10.7. The molecule has 0 unspecified atom stereocenters. The van der Waals surface area contributed by atoms with Crippen molar-refractivity contribution in [1.82, 2.24) is 4.90 Å². The van der Waals surface area contributed by atoms with Gasteiger partial charge < -0.3 is 19.1 Å². The minimum absolute atomic E-state index is 0.0364. The molecule has 100 valence electrons. The van der Waals surface area contributed by atoms with E-state index >= 15 is 0 Å². The van der Waals surface area contributed by atoms with Gasteiger partial charge in [0.1, 0.15) is 6.61 Å². The largest absolute Gasteiger partial charge is 0.444 e. The average Bonchev–Trinajstić information content (AvgIpc) is 2.31. The molecule has 0 aromatic heterocycles. The van der Waals surface area contributed by atoms with E-state index in [1.807, 2.05) is 6.92 Å². The van der Waals surface area contributed by atoms with Gasteiger partial charge in [-0.05, 0) is 6.42 Å². The Morgan fingerprint density at radius 2 is 1.94 bits per heavy atom. The predicted octanol–water partition coefficient (Wildman–Crippen LogP) is 0.409. The molecule has 0 spiro atoms. The topological polar surface area (TPSA) is 65.1 Å². The molecular weight excluding hydrogens is 226 g/mol. The molecule has 6 heteroatoms. The van der Waals surface area contributed by atoms with E-state index in [4.69, 9.17) is 14.2 Å². The number of rotatable bonds is 9. The van der Waals surface area contributed by atoms with Crippen LogP contribution in [0, 0.1) is 0 Å². The van der Waals surface area contributed by atoms with Crippen LogP contribution < -0.4 is 0 Å². The van der Waals surface area contributed by atoms with Gasteiger partial charge >= 0.3 is 5.97 Å². The highest BCUT2D eigenvalue weighted by Gasteiger charge is 2.10. The highest BCUT2D eigenvalue weighted by Crippen LogP contribution is 1.94. The summed E-state index contributed by atoms with van der Waals surface area (Å²) in [5.74, 6) is -0.530. The molecule has 0 heterocycles. The van der Waals surface area contributed by atoms with Crippen LogP contribution in [-0.4, -0.2) is 57.5 Å². The number of esters is 1. The van der Waals surface area contributed by atoms with E-state index < -0.39 is 0 Å². The van der Waals surface area contributed by atoms with E-state index in [1.165, 1.54) is 4.90 Å². The Hall–Kier alpha value is -1.14. The first kappa shape index (κ1) is 15.9. The van der Waals surface area contributed by atoms with Crippen LogP contribution in [0.25, 0.3) is 0 Å². The minimum atomic E-state index is -0.299. The van der Waals surface area contributed by atoms with Crippen LogP contribution in [0.1, 0.15) is 19.8 Å². The van der Waals surface area contributed by atoms with Gasteiger partial charge in [0.15, 0.2) is 6.73 Å². The molecule has 0 bridgehead atoms. The molecule has 0 saturated carbocycles. The van der Waals surface area contributed by atoms with Crippen LogP contribution in [0.3, 0.4) is 0 Å². The van der Waals surface area contributed by atoms with Gasteiger partial charge in [-0.15, -0.1) is 0 Å². The standard InChI is InChI=1S/C11H21NO5/c1-4-5-11(14)17-9-12(2)10(13)8-16-7-6-15-3/h4-9H2,1-3H3. The molecule has 1 amide bonds. The number of carbonyl (C=O) groups is 2. The van der Waals surface area contributed by atoms with Crippen molar-refractivity contribution in [1.29, 1.82) is 0 Å². The summed E-state index contributed by atoms with van der Waals surface area (Å²) in [6, 6.07) is 0. The molecule has 0 fully saturated rings. The zero-order valence-electron chi connectivity index (χ0n) is 10.7. The van der Waals surface area contributed by atoms with Crippen molar-refractivity contribution in [2.24, 2.45) is 0 Å². The fourth-order valence-electron chi connectivity index (χ4n) is 0.929. The average molecular weight is 247 g/mol. The van der Waals surface area contributed by atoms with Gasteiger partial charge in [0.25, 0.3) is 5.91 Å². The summed E-state index contributed by atoms with van der Waals surface area (Å²) >= 11 is 0. The summed E-state index contributed by atoms with van der Waals surface area (Å²) < 4.78 is 14.7. The fourth-order valence-corrected chi connectivity index (χ4v) is 0.929. The van der Waals surface area contributed by atoms with Crippen LogP contribution in [0.5, 0.6) is 0 Å². The Bertz CT molecular complexity index is 232. The number of hydrogen-bond donors (Lipinski definition) is 0. The number of nitrogens with zero attached hydrogens (tertiary/aromatic N) is 1. The molecule has 0 N–H and O–H groups in total. The maximum absolute atomic E-state index is 11.4. The number of hydrogen-bond acceptors (Lipinski definition) is 5. The van der Waals surface area contributed by atoms with Gasteiger partial charge in [-0.2, -0.15) is 0 Å². The molecule has 6 nitrogen and oxygen atoms in total. The molecule has 0 aromatic carbocycles. The molecule has 0 aromatic rings. The number of methoxy groups -OCH3 is 1. The van der Waals surface area contributed by atoms with Crippen molar-refractivity contribution >= 4 is 11.9 Å². The van der Waals surface area contributed by atoms with E-state index in [2.05, 4.69) is 0 Å². The van der Waals surface area contributed by atoms with E-state index in [-0.39, 0.29) is 25.2 Å². The highest BCUT2D eigenvalue weighted by atomic mass is 16.5. The van der Waals surface area contributed by atoms with E-state index in [0.717, 1.165) is 6.42 Å². The number of carbonyl (C=O) groups excluding carboxylic acids is 2. The van der Waals surface area contributed by atoms with Gasteiger partial charge in [-0.25, -0.2) is 0 Å². The molecule has 0 aliphatic carbocycles. The van der Waals surface area contributed by atoms with Crippen molar-refractivity contribution in [3.8, 4) is 0 Å². The number of likely N-dealkylation sites (N-methyl/N-ethyl adjacent to an activating group) is 1. The first-order valence-corrected chi connectivity index (χ1v) is 5.58. The Labute approximate surface area is 102 Å². The quantitative estimate of drug-likeness (QED) is 0.335. The fraction of sp³-hybridized carbons (Fsp3) is 0.818. The van der Waals surface area contributed by atoms with Gasteiger partial charge in [0.2, 0.25) is 0 Å². The molecule has 0 rings (SSSR count).